The Morgan fingerprint density at radius 2 is 2.08 bits per heavy atom. The predicted molar refractivity (Wildman–Crippen MR) is 102 cm³/mol. The highest BCUT2D eigenvalue weighted by atomic mass is 35.5. The van der Waals surface area contributed by atoms with Gasteiger partial charge in [-0.3, -0.25) is 4.79 Å². The van der Waals surface area contributed by atoms with Crippen molar-refractivity contribution in [3.63, 3.8) is 0 Å². The summed E-state index contributed by atoms with van der Waals surface area (Å²) in [6.07, 6.45) is 5.51. The first kappa shape index (κ1) is 19.5. The van der Waals surface area contributed by atoms with Crippen LogP contribution in [0.25, 0.3) is 11.5 Å². The molecule has 0 bridgehead atoms. The Balaban J connectivity index is 0.00000225. The molecule has 1 aromatic heterocycles. The molecule has 1 aliphatic heterocycles. The molecule has 0 atom stereocenters. The Bertz CT molecular complexity index is 708. The molecule has 3 rings (SSSR count). The van der Waals surface area contributed by atoms with Gasteiger partial charge in [-0.2, -0.15) is 0 Å². The SMILES string of the molecule is Cc1coc(-c2ccc(C)c(NC(=O)CCC3CCNCC3)c2)n1.Cl. The lowest BCUT2D eigenvalue weighted by Crippen LogP contribution is -2.28. The van der Waals surface area contributed by atoms with E-state index < -0.39 is 0 Å². The van der Waals surface area contributed by atoms with Crippen molar-refractivity contribution < 1.29 is 9.21 Å². The van der Waals surface area contributed by atoms with E-state index in [0.29, 0.717) is 18.2 Å². The van der Waals surface area contributed by atoms with Crippen LogP contribution < -0.4 is 10.6 Å². The van der Waals surface area contributed by atoms with Gasteiger partial charge in [0.05, 0.1) is 5.69 Å². The Kier molecular flexibility index (Phi) is 7.02. The van der Waals surface area contributed by atoms with Crippen LogP contribution in [0, 0.1) is 19.8 Å². The lowest BCUT2D eigenvalue weighted by Gasteiger charge is -2.22. The number of hydrogen-bond donors (Lipinski definition) is 2. The summed E-state index contributed by atoms with van der Waals surface area (Å²) in [6.45, 7) is 6.03. The van der Waals surface area contributed by atoms with Gasteiger partial charge in [-0.1, -0.05) is 6.07 Å². The van der Waals surface area contributed by atoms with Crippen molar-refractivity contribution in [1.82, 2.24) is 10.3 Å². The molecule has 1 fully saturated rings. The number of aryl methyl sites for hydroxylation is 2. The van der Waals surface area contributed by atoms with Gasteiger partial charge in [-0.25, -0.2) is 4.98 Å². The third kappa shape index (κ3) is 5.31. The summed E-state index contributed by atoms with van der Waals surface area (Å²) in [5.74, 6) is 1.33. The molecule has 1 aliphatic rings. The van der Waals surface area contributed by atoms with Gasteiger partial charge in [0.25, 0.3) is 0 Å². The van der Waals surface area contributed by atoms with E-state index in [0.717, 1.165) is 42.0 Å². The molecule has 136 valence electrons. The van der Waals surface area contributed by atoms with Crippen molar-refractivity contribution in [2.75, 3.05) is 18.4 Å². The molecule has 0 aliphatic carbocycles. The number of carbonyl (C=O) groups is 1. The standard InChI is InChI=1S/C19H25N3O2.ClH/c1-13-3-5-16(19-21-14(2)12-24-19)11-17(13)22-18(23)6-4-15-7-9-20-10-8-15;/h3,5,11-12,15,20H,4,6-10H2,1-2H3,(H,22,23);1H. The van der Waals surface area contributed by atoms with Crippen LogP contribution in [0.5, 0.6) is 0 Å². The second kappa shape index (κ2) is 9.02. The van der Waals surface area contributed by atoms with Crippen molar-refractivity contribution in [3.05, 3.63) is 35.7 Å². The van der Waals surface area contributed by atoms with E-state index in [4.69, 9.17) is 4.42 Å². The fourth-order valence-electron chi connectivity index (χ4n) is 3.09. The molecular formula is C19H26ClN3O2. The molecule has 2 N–H and O–H groups in total. The number of rotatable bonds is 5. The first-order valence-electron chi connectivity index (χ1n) is 8.65. The molecule has 1 saturated heterocycles. The van der Waals surface area contributed by atoms with Crippen molar-refractivity contribution in [3.8, 4) is 11.5 Å². The number of piperidine rings is 1. The van der Waals surface area contributed by atoms with Gasteiger partial charge in [-0.15, -0.1) is 12.4 Å². The zero-order valence-electron chi connectivity index (χ0n) is 14.8. The third-order valence-corrected chi connectivity index (χ3v) is 4.62. The minimum Gasteiger partial charge on any atom is -0.444 e. The summed E-state index contributed by atoms with van der Waals surface area (Å²) < 4.78 is 5.45. The molecule has 0 saturated carbocycles. The predicted octanol–water partition coefficient (Wildman–Crippen LogP) is 4.10. The molecule has 1 aromatic carbocycles. The van der Waals surface area contributed by atoms with E-state index in [1.165, 1.54) is 12.8 Å². The summed E-state index contributed by atoms with van der Waals surface area (Å²) >= 11 is 0. The van der Waals surface area contributed by atoms with E-state index in [1.54, 1.807) is 6.26 Å². The maximum absolute atomic E-state index is 12.3. The number of aromatic nitrogens is 1. The maximum Gasteiger partial charge on any atom is 0.226 e. The first-order chi connectivity index (χ1) is 11.6. The second-order valence-corrected chi connectivity index (χ2v) is 6.60. The van der Waals surface area contributed by atoms with E-state index in [2.05, 4.69) is 15.6 Å². The minimum absolute atomic E-state index is 0. The Morgan fingerprint density at radius 1 is 1.32 bits per heavy atom. The van der Waals surface area contributed by atoms with Crippen LogP contribution >= 0.6 is 12.4 Å². The molecule has 25 heavy (non-hydrogen) atoms. The van der Waals surface area contributed by atoms with E-state index in [1.807, 2.05) is 32.0 Å². The highest BCUT2D eigenvalue weighted by Crippen LogP contribution is 2.25. The van der Waals surface area contributed by atoms with Gasteiger partial charge in [0, 0.05) is 17.7 Å². The summed E-state index contributed by atoms with van der Waals surface area (Å²) in [7, 11) is 0. The molecule has 2 heterocycles. The summed E-state index contributed by atoms with van der Waals surface area (Å²) in [5, 5.41) is 6.40. The van der Waals surface area contributed by atoms with Crippen molar-refractivity contribution in [1.29, 1.82) is 0 Å². The molecule has 0 spiro atoms. The van der Waals surface area contributed by atoms with Crippen LogP contribution in [0.3, 0.4) is 0 Å². The van der Waals surface area contributed by atoms with Gasteiger partial charge in [-0.05, 0) is 69.8 Å². The molecule has 0 unspecified atom stereocenters. The summed E-state index contributed by atoms with van der Waals surface area (Å²) in [6, 6.07) is 5.88. The summed E-state index contributed by atoms with van der Waals surface area (Å²) in [4.78, 5) is 16.6. The minimum atomic E-state index is 0. The largest absolute Gasteiger partial charge is 0.444 e. The topological polar surface area (TPSA) is 67.2 Å². The van der Waals surface area contributed by atoms with Crippen LogP contribution in [-0.2, 0) is 4.79 Å². The highest BCUT2D eigenvalue weighted by molar-refractivity contribution is 5.92. The number of anilines is 1. The lowest BCUT2D eigenvalue weighted by atomic mass is 9.93. The number of amides is 1. The van der Waals surface area contributed by atoms with Crippen LogP contribution in [-0.4, -0.2) is 24.0 Å². The third-order valence-electron chi connectivity index (χ3n) is 4.62. The smallest absolute Gasteiger partial charge is 0.226 e. The number of hydrogen-bond acceptors (Lipinski definition) is 4. The van der Waals surface area contributed by atoms with Crippen molar-refractivity contribution in [2.24, 2.45) is 5.92 Å². The average molecular weight is 364 g/mol. The Morgan fingerprint density at radius 3 is 2.76 bits per heavy atom. The zero-order valence-corrected chi connectivity index (χ0v) is 15.6. The lowest BCUT2D eigenvalue weighted by molar-refractivity contribution is -0.116. The fourth-order valence-corrected chi connectivity index (χ4v) is 3.09. The quantitative estimate of drug-likeness (QED) is 0.839. The number of nitrogens with zero attached hydrogens (tertiary/aromatic N) is 1. The number of carbonyl (C=O) groups excluding carboxylic acids is 1. The van der Waals surface area contributed by atoms with Gasteiger partial charge in [0.1, 0.15) is 6.26 Å². The normalized spacial score (nSPS) is 14.8. The van der Waals surface area contributed by atoms with Crippen LogP contribution in [0.1, 0.15) is 36.9 Å². The monoisotopic (exact) mass is 363 g/mol. The molecule has 1 amide bonds. The first-order valence-corrected chi connectivity index (χ1v) is 8.65. The number of nitrogens with one attached hydrogen (secondary N) is 2. The maximum atomic E-state index is 12.3. The highest BCUT2D eigenvalue weighted by Gasteiger charge is 2.15. The molecule has 5 nitrogen and oxygen atoms in total. The van der Waals surface area contributed by atoms with Crippen LogP contribution in [0.15, 0.2) is 28.9 Å². The number of halogens is 1. The van der Waals surface area contributed by atoms with Gasteiger partial charge in [0.2, 0.25) is 11.8 Å². The van der Waals surface area contributed by atoms with Crippen LogP contribution in [0.2, 0.25) is 0 Å². The van der Waals surface area contributed by atoms with Gasteiger partial charge < -0.3 is 15.1 Å². The van der Waals surface area contributed by atoms with E-state index in [9.17, 15) is 4.79 Å². The number of oxazole rings is 1. The van der Waals surface area contributed by atoms with E-state index in [-0.39, 0.29) is 18.3 Å². The van der Waals surface area contributed by atoms with Crippen molar-refractivity contribution in [2.45, 2.75) is 39.5 Å². The Hall–Kier alpha value is -1.85. The van der Waals surface area contributed by atoms with Gasteiger partial charge >= 0.3 is 0 Å². The molecule has 0 radical (unpaired) electrons. The second-order valence-electron chi connectivity index (χ2n) is 6.60. The molecule has 2 aromatic rings. The fraction of sp³-hybridized carbons (Fsp3) is 0.474. The number of benzene rings is 1. The molecule has 6 heteroatoms. The average Bonchev–Trinajstić information content (AvgIpc) is 3.02. The van der Waals surface area contributed by atoms with E-state index >= 15 is 0 Å². The molecular weight excluding hydrogens is 338 g/mol. The van der Waals surface area contributed by atoms with Crippen molar-refractivity contribution >= 4 is 24.0 Å². The summed E-state index contributed by atoms with van der Waals surface area (Å²) in [5.41, 5.74) is 3.59. The van der Waals surface area contributed by atoms with Crippen LogP contribution in [0.4, 0.5) is 5.69 Å². The van der Waals surface area contributed by atoms with Gasteiger partial charge in [0.15, 0.2) is 0 Å². The zero-order chi connectivity index (χ0) is 16.9. The Labute approximate surface area is 155 Å².